The van der Waals surface area contributed by atoms with Crippen LogP contribution in [0.3, 0.4) is 0 Å². The van der Waals surface area contributed by atoms with Crippen molar-refractivity contribution in [1.29, 1.82) is 0 Å². The summed E-state index contributed by atoms with van der Waals surface area (Å²) in [5.41, 5.74) is 1.72. The molecule has 0 unspecified atom stereocenters. The van der Waals surface area contributed by atoms with Crippen molar-refractivity contribution in [1.82, 2.24) is 0 Å². The maximum Gasteiger partial charge on any atom is 0.311 e. The van der Waals surface area contributed by atoms with Crippen LogP contribution in [-0.4, -0.2) is 22.5 Å². The summed E-state index contributed by atoms with van der Waals surface area (Å²) in [4.78, 5) is 12.4. The molecule has 4 nitrogen and oxygen atoms in total. The van der Waals surface area contributed by atoms with Crippen LogP contribution in [0.15, 0.2) is 12.1 Å². The van der Waals surface area contributed by atoms with E-state index < -0.39 is 5.54 Å². The summed E-state index contributed by atoms with van der Waals surface area (Å²) in [6.45, 7) is 20.3. The van der Waals surface area contributed by atoms with Gasteiger partial charge in [0.05, 0.1) is 0 Å². The Morgan fingerprint density at radius 3 is 1.82 bits per heavy atom. The fourth-order valence-corrected chi connectivity index (χ4v) is 2.76. The van der Waals surface area contributed by atoms with Crippen LogP contribution in [0.4, 0.5) is 0 Å². The molecule has 0 radical (unpaired) electrons. The van der Waals surface area contributed by atoms with Gasteiger partial charge in [-0.25, -0.2) is 4.74 Å². The molecule has 0 heterocycles. The Bertz CT molecular complexity index is 691. The molecule has 1 aromatic rings. The summed E-state index contributed by atoms with van der Waals surface area (Å²) in [6, 6.07) is 3.96. The zero-order valence-corrected chi connectivity index (χ0v) is 19.5. The fourth-order valence-electron chi connectivity index (χ4n) is 2.76. The van der Waals surface area contributed by atoms with Crippen LogP contribution in [0.1, 0.15) is 105 Å². The lowest BCUT2D eigenvalue weighted by molar-refractivity contribution is -0.530. The molecule has 0 amide bonds. The maximum atomic E-state index is 12.5. The molecule has 0 atom stereocenters. The molecule has 0 N–H and O–H groups in total. The summed E-state index contributed by atoms with van der Waals surface area (Å²) >= 11 is 0. The van der Waals surface area contributed by atoms with Gasteiger partial charge in [-0.2, -0.15) is 0 Å². The van der Waals surface area contributed by atoms with Crippen LogP contribution < -0.4 is 4.74 Å². The maximum absolute atomic E-state index is 12.5. The Balaban J connectivity index is 3.67. The van der Waals surface area contributed by atoms with Gasteiger partial charge in [-0.1, -0.05) is 54.9 Å². The monoisotopic (exact) mass is 389 g/mol. The predicted molar refractivity (Wildman–Crippen MR) is 118 cm³/mol. The number of carbonyl (C=O) groups excluding carboxylic acids is 1. The second kappa shape index (κ2) is 8.67. The molecule has 28 heavy (non-hydrogen) atoms. The van der Waals surface area contributed by atoms with Crippen molar-refractivity contribution in [3.63, 3.8) is 0 Å². The molecule has 1 aromatic carbocycles. The van der Waals surface area contributed by atoms with Gasteiger partial charge in [0, 0.05) is 43.9 Å². The van der Waals surface area contributed by atoms with Gasteiger partial charge in [0.2, 0.25) is 0 Å². The Morgan fingerprint density at radius 1 is 1.00 bits per heavy atom. The number of benzene rings is 1. The quantitative estimate of drug-likeness (QED) is 0.153. The van der Waals surface area contributed by atoms with Crippen LogP contribution >= 0.6 is 0 Å². The van der Waals surface area contributed by atoms with E-state index >= 15 is 0 Å². The first-order valence-electron chi connectivity index (χ1n) is 10.3. The highest BCUT2D eigenvalue weighted by atomic mass is 16.5. The SMILES string of the molecule is CCCCC(=O)Oc1c(C(C)(C)C)cc(/C=[N+](/[O-])C(C)(C)C)cc1C(C)(C)C. The van der Waals surface area contributed by atoms with Gasteiger partial charge >= 0.3 is 5.97 Å². The van der Waals surface area contributed by atoms with E-state index in [9.17, 15) is 10.0 Å². The van der Waals surface area contributed by atoms with Gasteiger partial charge < -0.3 is 9.94 Å². The van der Waals surface area contributed by atoms with E-state index in [0.717, 1.165) is 34.3 Å². The number of rotatable bonds is 5. The molecular formula is C24H39NO3. The summed E-state index contributed by atoms with van der Waals surface area (Å²) in [7, 11) is 0. The smallest absolute Gasteiger partial charge is 0.311 e. The molecule has 0 aliphatic carbocycles. The lowest BCUT2D eigenvalue weighted by Crippen LogP contribution is -2.29. The highest BCUT2D eigenvalue weighted by Crippen LogP contribution is 2.40. The van der Waals surface area contributed by atoms with Gasteiger partial charge in [-0.05, 0) is 29.4 Å². The van der Waals surface area contributed by atoms with E-state index in [1.54, 1.807) is 6.21 Å². The van der Waals surface area contributed by atoms with E-state index in [-0.39, 0.29) is 16.8 Å². The molecule has 0 aliphatic heterocycles. The van der Waals surface area contributed by atoms with Crippen LogP contribution in [-0.2, 0) is 15.6 Å². The molecule has 4 heteroatoms. The summed E-state index contributed by atoms with van der Waals surface area (Å²) < 4.78 is 6.89. The van der Waals surface area contributed by atoms with Crippen molar-refractivity contribution >= 4 is 12.2 Å². The molecule has 0 fully saturated rings. The summed E-state index contributed by atoms with van der Waals surface area (Å²) in [6.07, 6.45) is 3.81. The largest absolute Gasteiger partial charge is 0.623 e. The van der Waals surface area contributed by atoms with Gasteiger partial charge in [-0.3, -0.25) is 4.79 Å². The van der Waals surface area contributed by atoms with Crippen LogP contribution in [0, 0.1) is 5.21 Å². The Hall–Kier alpha value is -1.84. The number of carbonyl (C=O) groups is 1. The molecule has 1 rings (SSSR count). The molecule has 0 aromatic heterocycles. The van der Waals surface area contributed by atoms with E-state index in [1.807, 2.05) is 32.9 Å². The first kappa shape index (κ1) is 24.2. The average Bonchev–Trinajstić information content (AvgIpc) is 2.50. The van der Waals surface area contributed by atoms with Crippen molar-refractivity contribution in [2.45, 2.75) is 105 Å². The second-order valence-corrected chi connectivity index (χ2v) is 10.6. The van der Waals surface area contributed by atoms with Crippen molar-refractivity contribution in [3.8, 4) is 5.75 Å². The summed E-state index contributed by atoms with van der Waals surface area (Å²) in [5, 5.41) is 12.5. The minimum absolute atomic E-state index is 0.199. The number of hydrogen-bond donors (Lipinski definition) is 0. The molecule has 0 spiro atoms. The van der Waals surface area contributed by atoms with Crippen molar-refractivity contribution < 1.29 is 14.3 Å². The van der Waals surface area contributed by atoms with Crippen LogP contribution in [0.5, 0.6) is 5.75 Å². The van der Waals surface area contributed by atoms with E-state index in [0.29, 0.717) is 12.2 Å². The predicted octanol–water partition coefficient (Wildman–Crippen LogP) is 6.10. The highest BCUT2D eigenvalue weighted by Gasteiger charge is 2.30. The lowest BCUT2D eigenvalue weighted by Gasteiger charge is -2.30. The zero-order chi connectivity index (χ0) is 21.9. The van der Waals surface area contributed by atoms with Crippen LogP contribution in [0.25, 0.3) is 0 Å². The molecule has 0 aliphatic rings. The topological polar surface area (TPSA) is 52.4 Å². The van der Waals surface area contributed by atoms with Gasteiger partial charge in [0.1, 0.15) is 5.75 Å². The molecule has 0 bridgehead atoms. The molecular weight excluding hydrogens is 350 g/mol. The Morgan fingerprint density at radius 2 is 1.46 bits per heavy atom. The zero-order valence-electron chi connectivity index (χ0n) is 19.5. The van der Waals surface area contributed by atoms with E-state index in [4.69, 9.17) is 4.74 Å². The normalized spacial score (nSPS) is 13.6. The number of hydroxylamine groups is 1. The number of ether oxygens (including phenoxy) is 1. The Labute approximate surface area is 171 Å². The van der Waals surface area contributed by atoms with E-state index in [1.165, 1.54) is 0 Å². The second-order valence-electron chi connectivity index (χ2n) is 10.6. The Kier molecular flexibility index (Phi) is 7.49. The number of unbranched alkanes of at least 4 members (excludes halogenated alkanes) is 1. The fraction of sp³-hybridized carbons (Fsp3) is 0.667. The van der Waals surface area contributed by atoms with Gasteiger partial charge in [0.25, 0.3) is 0 Å². The van der Waals surface area contributed by atoms with Crippen molar-refractivity contribution in [2.75, 3.05) is 0 Å². The first-order valence-corrected chi connectivity index (χ1v) is 10.3. The van der Waals surface area contributed by atoms with E-state index in [2.05, 4.69) is 48.5 Å². The van der Waals surface area contributed by atoms with Gasteiger partial charge in [0.15, 0.2) is 11.8 Å². The molecule has 0 saturated heterocycles. The number of nitrogens with zero attached hydrogens (tertiary/aromatic N) is 1. The molecule has 158 valence electrons. The third-order valence-corrected chi connectivity index (χ3v) is 4.61. The first-order chi connectivity index (χ1) is 12.6. The minimum Gasteiger partial charge on any atom is -0.623 e. The number of esters is 1. The minimum atomic E-state index is -0.519. The third-order valence-electron chi connectivity index (χ3n) is 4.61. The highest BCUT2D eigenvalue weighted by molar-refractivity contribution is 5.80. The number of hydrogen-bond acceptors (Lipinski definition) is 3. The van der Waals surface area contributed by atoms with Crippen LogP contribution in [0.2, 0.25) is 0 Å². The standard InChI is InChI=1S/C24H39NO3/c1-11-12-13-20(26)28-21-18(22(2,3)4)14-17(15-19(21)23(5,6)7)16-25(27)24(8,9)10/h14-16H,11-13H2,1-10H3/b25-16+. The summed E-state index contributed by atoms with van der Waals surface area (Å²) in [5.74, 6) is 0.446. The average molecular weight is 390 g/mol. The van der Waals surface area contributed by atoms with Crippen molar-refractivity contribution in [2.24, 2.45) is 0 Å². The lowest BCUT2D eigenvalue weighted by atomic mass is 9.78. The molecule has 0 saturated carbocycles. The van der Waals surface area contributed by atoms with Crippen molar-refractivity contribution in [3.05, 3.63) is 34.0 Å². The van der Waals surface area contributed by atoms with Gasteiger partial charge in [-0.15, -0.1) is 0 Å². The third kappa shape index (κ3) is 6.65.